The topological polar surface area (TPSA) is 161 Å². The van der Waals surface area contributed by atoms with Gasteiger partial charge in [-0.2, -0.15) is 15.2 Å². The molecule has 2 aromatic carbocycles. The summed E-state index contributed by atoms with van der Waals surface area (Å²) in [7, 11) is 2.05. The molecule has 3 aromatic rings. The summed E-state index contributed by atoms with van der Waals surface area (Å²) in [5.41, 5.74) is 8.57. The largest absolute Gasteiger partial charge is 0.465 e. The Bertz CT molecular complexity index is 1580. The second-order valence-electron chi connectivity index (χ2n) is 11.6. The van der Waals surface area contributed by atoms with Crippen molar-refractivity contribution in [1.82, 2.24) is 19.8 Å². The number of carbonyl (C=O) groups excluding carboxylic acids is 1. The van der Waals surface area contributed by atoms with E-state index in [4.69, 9.17) is 10.5 Å². The van der Waals surface area contributed by atoms with Crippen LogP contribution in [-0.2, 0) is 0 Å². The molecule has 0 bridgehead atoms. The Kier molecular flexibility index (Phi) is 7.90. The monoisotopic (exact) mass is 584 g/mol. The maximum Gasteiger partial charge on any atom is 0.407 e. The number of likely N-dealkylation sites (N-methyl/N-ethyl adjacent to an activating group) is 1. The van der Waals surface area contributed by atoms with Crippen LogP contribution in [0.15, 0.2) is 36.4 Å². The van der Waals surface area contributed by atoms with Crippen LogP contribution >= 0.6 is 0 Å². The Morgan fingerprint density at radius 1 is 1.12 bits per heavy atom. The van der Waals surface area contributed by atoms with Gasteiger partial charge in [0.05, 0.1) is 18.5 Å². The lowest BCUT2D eigenvalue weighted by atomic mass is 9.99. The number of nitrogen functional groups attached to an aromatic ring is 1. The van der Waals surface area contributed by atoms with Gasteiger partial charge in [0.25, 0.3) is 5.91 Å². The van der Waals surface area contributed by atoms with Gasteiger partial charge in [-0.15, -0.1) is 0 Å². The molecule has 3 fully saturated rings. The van der Waals surface area contributed by atoms with Crippen molar-refractivity contribution in [3.05, 3.63) is 47.7 Å². The number of hydrogen-bond donors (Lipinski definition) is 3. The third kappa shape index (κ3) is 5.85. The first-order chi connectivity index (χ1) is 20.8. The number of likely N-dealkylation sites (tertiary alicyclic amines) is 1. The Balaban J connectivity index is 1.34. The van der Waals surface area contributed by atoms with Crippen LogP contribution in [0.3, 0.4) is 0 Å². The number of rotatable bonds is 8. The second kappa shape index (κ2) is 11.9. The normalized spacial score (nSPS) is 20.7. The van der Waals surface area contributed by atoms with Crippen LogP contribution in [0.1, 0.15) is 54.1 Å². The van der Waals surface area contributed by atoms with Gasteiger partial charge in [-0.1, -0.05) is 30.3 Å². The average molecular weight is 585 g/mol. The van der Waals surface area contributed by atoms with E-state index in [1.54, 1.807) is 0 Å². The van der Waals surface area contributed by atoms with E-state index in [2.05, 4.69) is 32.3 Å². The quantitative estimate of drug-likeness (QED) is 0.354. The van der Waals surface area contributed by atoms with Crippen LogP contribution in [0.4, 0.5) is 22.0 Å². The van der Waals surface area contributed by atoms with Gasteiger partial charge in [-0.25, -0.2) is 4.79 Å². The summed E-state index contributed by atoms with van der Waals surface area (Å²) in [5, 5.41) is 24.1. The molecule has 3 aliphatic rings. The maximum absolute atomic E-state index is 13.9. The lowest BCUT2D eigenvalue weighted by molar-refractivity contribution is 0.102. The van der Waals surface area contributed by atoms with Gasteiger partial charge in [0, 0.05) is 36.7 Å². The molecule has 1 aromatic heterocycles. The minimum Gasteiger partial charge on any atom is -0.465 e. The molecule has 2 saturated heterocycles. The van der Waals surface area contributed by atoms with Crippen LogP contribution in [0.2, 0.25) is 0 Å². The van der Waals surface area contributed by atoms with Crippen molar-refractivity contribution in [2.45, 2.75) is 50.1 Å². The zero-order valence-corrected chi connectivity index (χ0v) is 24.2. The summed E-state index contributed by atoms with van der Waals surface area (Å²) in [6.45, 7) is 1.99. The first-order valence-electron chi connectivity index (χ1n) is 14.8. The fourth-order valence-electron chi connectivity index (χ4n) is 6.25. The molecule has 6 rings (SSSR count). The van der Waals surface area contributed by atoms with E-state index >= 15 is 0 Å². The van der Waals surface area contributed by atoms with Crippen molar-refractivity contribution in [3.8, 4) is 12.1 Å². The number of ether oxygens (including phenoxy) is 1. The molecular formula is C31H36N8O4. The number of nitrogens with zero attached hydrogens (tertiary/aromatic N) is 6. The summed E-state index contributed by atoms with van der Waals surface area (Å²) in [5.74, 6) is 0.288. The van der Waals surface area contributed by atoms with Crippen molar-refractivity contribution in [1.29, 1.82) is 5.26 Å². The van der Waals surface area contributed by atoms with Crippen molar-refractivity contribution in [2.24, 2.45) is 0 Å². The first kappa shape index (κ1) is 28.5. The third-order valence-electron chi connectivity index (χ3n) is 8.75. The highest BCUT2D eigenvalue weighted by Crippen LogP contribution is 2.45. The molecule has 2 aliphatic heterocycles. The number of carbonyl (C=O) groups is 2. The van der Waals surface area contributed by atoms with Gasteiger partial charge in [-0.05, 0) is 62.2 Å². The Morgan fingerprint density at radius 2 is 1.91 bits per heavy atom. The number of aromatic nitrogens is 2. The maximum atomic E-state index is 13.9. The van der Waals surface area contributed by atoms with E-state index in [-0.39, 0.29) is 49.5 Å². The number of piperazine rings is 1. The summed E-state index contributed by atoms with van der Waals surface area (Å²) < 4.78 is 6.07. The van der Waals surface area contributed by atoms with E-state index in [0.717, 1.165) is 43.0 Å². The Morgan fingerprint density at radius 3 is 2.60 bits per heavy atom. The molecule has 224 valence electrons. The number of nitrogens with two attached hydrogens (primary N) is 1. The van der Waals surface area contributed by atoms with Crippen LogP contribution in [-0.4, -0.2) is 88.8 Å². The van der Waals surface area contributed by atoms with Gasteiger partial charge < -0.3 is 35.6 Å². The van der Waals surface area contributed by atoms with Crippen LogP contribution in [0, 0.1) is 11.3 Å². The Hall–Kier alpha value is -4.63. The highest BCUT2D eigenvalue weighted by atomic mass is 16.5. The number of benzene rings is 2. The zero-order chi connectivity index (χ0) is 30.1. The molecule has 1 aliphatic carbocycles. The molecule has 4 N–H and O–H groups in total. The SMILES string of the molecule is CN1CCC[C@H]1COc1nc(C(=O)Nc2cccc3cccc(C4CC4)c23)c(N)c(N2CCN(C(=O)O)[C@@H](CC#N)C2)n1. The molecule has 12 heteroatoms. The summed E-state index contributed by atoms with van der Waals surface area (Å²) in [6, 6.07) is 13.8. The predicted octanol–water partition coefficient (Wildman–Crippen LogP) is 3.90. The molecule has 2 amide bonds. The van der Waals surface area contributed by atoms with Crippen LogP contribution < -0.4 is 20.7 Å². The molecule has 3 heterocycles. The highest BCUT2D eigenvalue weighted by molar-refractivity contribution is 6.12. The van der Waals surface area contributed by atoms with Gasteiger partial charge in [0.1, 0.15) is 12.3 Å². The summed E-state index contributed by atoms with van der Waals surface area (Å²) in [4.78, 5) is 40.1. The summed E-state index contributed by atoms with van der Waals surface area (Å²) in [6.07, 6.45) is 3.26. The molecule has 0 radical (unpaired) electrons. The van der Waals surface area contributed by atoms with E-state index in [9.17, 15) is 20.0 Å². The highest BCUT2D eigenvalue weighted by Gasteiger charge is 2.34. The van der Waals surface area contributed by atoms with E-state index in [1.807, 2.05) is 42.3 Å². The standard InChI is InChI=1S/C31H36N8O4/c1-37-14-4-7-22(37)18-43-30-35-27(26(33)28(36-30)38-15-16-39(31(41)42)21(17-38)12-13-32)29(40)34-24-9-3-6-20-5-2-8-23(25(20)24)19-10-11-19/h2-3,5-6,8-9,19,21-22H,4,7,10-12,14-18,33H2,1H3,(H,34,40)(H,41,42)/t21-,22-/m0/s1. The van der Waals surface area contributed by atoms with E-state index in [0.29, 0.717) is 24.0 Å². The number of anilines is 3. The third-order valence-corrected chi connectivity index (χ3v) is 8.75. The smallest absolute Gasteiger partial charge is 0.407 e. The average Bonchev–Trinajstić information content (AvgIpc) is 3.77. The van der Waals surface area contributed by atoms with Crippen molar-refractivity contribution >= 4 is 40.0 Å². The fraction of sp³-hybridized carbons (Fsp3) is 0.452. The predicted molar refractivity (Wildman–Crippen MR) is 162 cm³/mol. The molecule has 43 heavy (non-hydrogen) atoms. The number of fused-ring (bicyclic) bond motifs is 1. The molecule has 12 nitrogen and oxygen atoms in total. The number of nitriles is 1. The van der Waals surface area contributed by atoms with Crippen LogP contribution in [0.25, 0.3) is 10.8 Å². The van der Waals surface area contributed by atoms with Gasteiger partial charge in [-0.3, -0.25) is 4.79 Å². The van der Waals surface area contributed by atoms with E-state index in [1.165, 1.54) is 10.5 Å². The second-order valence-corrected chi connectivity index (χ2v) is 11.6. The summed E-state index contributed by atoms with van der Waals surface area (Å²) >= 11 is 0. The van der Waals surface area contributed by atoms with Gasteiger partial charge in [0.15, 0.2) is 11.5 Å². The van der Waals surface area contributed by atoms with Crippen molar-refractivity contribution in [3.63, 3.8) is 0 Å². The molecular weight excluding hydrogens is 548 g/mol. The number of hydrogen-bond acceptors (Lipinski definition) is 9. The number of carboxylic acid groups (broad SMARTS) is 1. The Labute approximate surface area is 250 Å². The van der Waals surface area contributed by atoms with E-state index < -0.39 is 18.0 Å². The zero-order valence-electron chi connectivity index (χ0n) is 24.2. The lowest BCUT2D eigenvalue weighted by Gasteiger charge is -2.40. The minimum atomic E-state index is -1.08. The lowest BCUT2D eigenvalue weighted by Crippen LogP contribution is -2.55. The van der Waals surface area contributed by atoms with Crippen LogP contribution in [0.5, 0.6) is 6.01 Å². The molecule has 0 unspecified atom stereocenters. The van der Waals surface area contributed by atoms with Gasteiger partial charge >= 0.3 is 12.1 Å². The first-order valence-corrected chi connectivity index (χ1v) is 14.8. The molecule has 0 spiro atoms. The minimum absolute atomic E-state index is 0.0156. The van der Waals surface area contributed by atoms with Crippen molar-refractivity contribution < 1.29 is 19.4 Å². The molecule has 2 atom stereocenters. The number of nitrogens with one attached hydrogen (secondary N) is 1. The van der Waals surface area contributed by atoms with Crippen molar-refractivity contribution in [2.75, 3.05) is 55.8 Å². The van der Waals surface area contributed by atoms with Gasteiger partial charge in [0.2, 0.25) is 0 Å². The number of amides is 2. The fourth-order valence-corrected chi connectivity index (χ4v) is 6.25. The molecule has 1 saturated carbocycles.